The molecule has 1 aliphatic rings. The van der Waals surface area contributed by atoms with E-state index in [1.165, 1.54) is 5.56 Å². The van der Waals surface area contributed by atoms with Gasteiger partial charge in [0.2, 0.25) is 0 Å². The van der Waals surface area contributed by atoms with Crippen molar-refractivity contribution in [3.63, 3.8) is 0 Å². The third kappa shape index (κ3) is 4.06. The standard InChI is InChI=1S/C16H23NO2/c1-16(2,3)19-15(18)14-11-7-10-13(17-14)12-8-5-4-6-9-12/h4-6,8-9,13-14,17H,7,10-11H2,1-3H3. The highest BCUT2D eigenvalue weighted by Gasteiger charge is 2.30. The van der Waals surface area contributed by atoms with Gasteiger partial charge in [-0.15, -0.1) is 0 Å². The smallest absolute Gasteiger partial charge is 0.323 e. The number of hydrogen-bond donors (Lipinski definition) is 1. The van der Waals surface area contributed by atoms with Gasteiger partial charge >= 0.3 is 5.97 Å². The van der Waals surface area contributed by atoms with Crippen molar-refractivity contribution in [3.05, 3.63) is 35.9 Å². The zero-order chi connectivity index (χ0) is 13.9. The predicted molar refractivity (Wildman–Crippen MR) is 75.8 cm³/mol. The van der Waals surface area contributed by atoms with Crippen LogP contribution >= 0.6 is 0 Å². The van der Waals surface area contributed by atoms with E-state index in [0.717, 1.165) is 19.3 Å². The summed E-state index contributed by atoms with van der Waals surface area (Å²) in [5, 5.41) is 3.42. The molecule has 1 heterocycles. The third-order valence-corrected chi connectivity index (χ3v) is 3.28. The summed E-state index contributed by atoms with van der Waals surface area (Å²) in [7, 11) is 0. The molecule has 0 aliphatic carbocycles. The number of esters is 1. The summed E-state index contributed by atoms with van der Waals surface area (Å²) >= 11 is 0. The summed E-state index contributed by atoms with van der Waals surface area (Å²) in [5.74, 6) is -0.131. The molecule has 2 rings (SSSR count). The van der Waals surface area contributed by atoms with Crippen molar-refractivity contribution < 1.29 is 9.53 Å². The van der Waals surface area contributed by atoms with Crippen LogP contribution in [0.1, 0.15) is 51.6 Å². The van der Waals surface area contributed by atoms with Crippen LogP contribution in [0.2, 0.25) is 0 Å². The van der Waals surface area contributed by atoms with Gasteiger partial charge in [0.05, 0.1) is 0 Å². The predicted octanol–water partition coefficient (Wildman–Crippen LogP) is 3.21. The van der Waals surface area contributed by atoms with Crippen molar-refractivity contribution in [2.24, 2.45) is 0 Å². The van der Waals surface area contributed by atoms with Gasteiger partial charge in [0, 0.05) is 6.04 Å². The first-order chi connectivity index (χ1) is 8.96. The lowest BCUT2D eigenvalue weighted by molar-refractivity contribution is -0.158. The monoisotopic (exact) mass is 261 g/mol. The molecule has 2 atom stereocenters. The van der Waals surface area contributed by atoms with Gasteiger partial charge in [0.25, 0.3) is 0 Å². The number of carbonyl (C=O) groups excluding carboxylic acids is 1. The summed E-state index contributed by atoms with van der Waals surface area (Å²) < 4.78 is 5.46. The van der Waals surface area contributed by atoms with E-state index in [-0.39, 0.29) is 18.1 Å². The molecule has 2 unspecified atom stereocenters. The Balaban J connectivity index is 2.00. The number of carbonyl (C=O) groups is 1. The average molecular weight is 261 g/mol. The number of ether oxygens (including phenoxy) is 1. The molecule has 1 aliphatic heterocycles. The van der Waals surface area contributed by atoms with Crippen LogP contribution in [0.4, 0.5) is 0 Å². The third-order valence-electron chi connectivity index (χ3n) is 3.28. The van der Waals surface area contributed by atoms with Gasteiger partial charge in [-0.05, 0) is 45.6 Å². The molecule has 1 saturated heterocycles. The quantitative estimate of drug-likeness (QED) is 0.831. The SMILES string of the molecule is CC(C)(C)OC(=O)C1CCCC(c2ccccc2)N1. The Hall–Kier alpha value is -1.35. The minimum absolute atomic E-state index is 0.131. The molecule has 3 heteroatoms. The molecule has 0 radical (unpaired) electrons. The summed E-state index contributed by atoms with van der Waals surface area (Å²) in [6.45, 7) is 5.72. The maximum absolute atomic E-state index is 12.1. The molecule has 0 aromatic heterocycles. The lowest BCUT2D eigenvalue weighted by atomic mass is 9.93. The second-order valence-electron chi connectivity index (χ2n) is 6.15. The zero-order valence-electron chi connectivity index (χ0n) is 12.0. The summed E-state index contributed by atoms with van der Waals surface area (Å²) in [5.41, 5.74) is 0.828. The fraction of sp³-hybridized carbons (Fsp3) is 0.562. The Morgan fingerprint density at radius 2 is 1.89 bits per heavy atom. The molecule has 0 amide bonds. The first-order valence-corrected chi connectivity index (χ1v) is 6.99. The van der Waals surface area contributed by atoms with E-state index >= 15 is 0 Å². The van der Waals surface area contributed by atoms with E-state index in [1.54, 1.807) is 0 Å². The highest BCUT2D eigenvalue weighted by atomic mass is 16.6. The highest BCUT2D eigenvalue weighted by Crippen LogP contribution is 2.26. The molecule has 1 N–H and O–H groups in total. The van der Waals surface area contributed by atoms with Gasteiger partial charge < -0.3 is 4.74 Å². The van der Waals surface area contributed by atoms with Crippen LogP contribution in [0, 0.1) is 0 Å². The van der Waals surface area contributed by atoms with Crippen molar-refractivity contribution in [2.75, 3.05) is 0 Å². The van der Waals surface area contributed by atoms with Gasteiger partial charge in [0.15, 0.2) is 0 Å². The van der Waals surface area contributed by atoms with Crippen molar-refractivity contribution in [2.45, 2.75) is 57.7 Å². The van der Waals surface area contributed by atoms with Crippen LogP contribution in [0.15, 0.2) is 30.3 Å². The highest BCUT2D eigenvalue weighted by molar-refractivity contribution is 5.76. The maximum atomic E-state index is 12.1. The Labute approximate surface area is 115 Å². The molecule has 0 bridgehead atoms. The number of hydrogen-bond acceptors (Lipinski definition) is 3. The van der Waals surface area contributed by atoms with Crippen LogP contribution in [0.5, 0.6) is 0 Å². The molecule has 1 aromatic rings. The summed E-state index contributed by atoms with van der Waals surface area (Å²) in [6.07, 6.45) is 2.98. The second-order valence-corrected chi connectivity index (χ2v) is 6.15. The minimum Gasteiger partial charge on any atom is -0.459 e. The molecule has 3 nitrogen and oxygen atoms in total. The second kappa shape index (κ2) is 5.74. The first kappa shape index (κ1) is 14.1. The van der Waals surface area contributed by atoms with Gasteiger partial charge in [-0.2, -0.15) is 0 Å². The molecule has 19 heavy (non-hydrogen) atoms. The Morgan fingerprint density at radius 1 is 1.21 bits per heavy atom. The van der Waals surface area contributed by atoms with E-state index in [9.17, 15) is 4.79 Å². The fourth-order valence-electron chi connectivity index (χ4n) is 2.44. The fourth-order valence-corrected chi connectivity index (χ4v) is 2.44. The maximum Gasteiger partial charge on any atom is 0.323 e. The van der Waals surface area contributed by atoms with Gasteiger partial charge in [0.1, 0.15) is 11.6 Å². The zero-order valence-corrected chi connectivity index (χ0v) is 12.0. The lowest BCUT2D eigenvalue weighted by Gasteiger charge is -2.32. The van der Waals surface area contributed by atoms with Gasteiger partial charge in [-0.1, -0.05) is 30.3 Å². The largest absolute Gasteiger partial charge is 0.459 e. The Bertz CT molecular complexity index is 422. The summed E-state index contributed by atoms with van der Waals surface area (Å²) in [4.78, 5) is 12.1. The topological polar surface area (TPSA) is 38.3 Å². The number of nitrogens with one attached hydrogen (secondary N) is 1. The molecule has 1 fully saturated rings. The van der Waals surface area contributed by atoms with E-state index < -0.39 is 5.60 Å². The van der Waals surface area contributed by atoms with Crippen LogP contribution < -0.4 is 5.32 Å². The van der Waals surface area contributed by atoms with Crippen LogP contribution in [0.25, 0.3) is 0 Å². The molecule has 1 aromatic carbocycles. The van der Waals surface area contributed by atoms with Crippen LogP contribution in [-0.4, -0.2) is 17.6 Å². The molecule has 0 saturated carbocycles. The van der Waals surface area contributed by atoms with Crippen molar-refractivity contribution in [1.29, 1.82) is 0 Å². The lowest BCUT2D eigenvalue weighted by Crippen LogP contribution is -2.45. The first-order valence-electron chi connectivity index (χ1n) is 6.99. The molecule has 0 spiro atoms. The number of piperidine rings is 1. The van der Waals surface area contributed by atoms with E-state index in [2.05, 4.69) is 17.4 Å². The van der Waals surface area contributed by atoms with Crippen molar-refractivity contribution in [1.82, 2.24) is 5.32 Å². The van der Waals surface area contributed by atoms with Crippen LogP contribution in [-0.2, 0) is 9.53 Å². The van der Waals surface area contributed by atoms with E-state index in [1.807, 2.05) is 39.0 Å². The van der Waals surface area contributed by atoms with Gasteiger partial charge in [-0.3, -0.25) is 10.1 Å². The number of benzene rings is 1. The van der Waals surface area contributed by atoms with Gasteiger partial charge in [-0.25, -0.2) is 0 Å². The van der Waals surface area contributed by atoms with Crippen LogP contribution in [0.3, 0.4) is 0 Å². The molecular formula is C16H23NO2. The Morgan fingerprint density at radius 3 is 2.53 bits per heavy atom. The van der Waals surface area contributed by atoms with Crippen molar-refractivity contribution in [3.8, 4) is 0 Å². The molecular weight excluding hydrogens is 238 g/mol. The number of rotatable bonds is 2. The Kier molecular flexibility index (Phi) is 4.25. The average Bonchev–Trinajstić information content (AvgIpc) is 2.38. The molecule has 104 valence electrons. The van der Waals surface area contributed by atoms with E-state index in [0.29, 0.717) is 0 Å². The van der Waals surface area contributed by atoms with E-state index in [4.69, 9.17) is 4.74 Å². The minimum atomic E-state index is -0.418. The normalized spacial score (nSPS) is 23.9. The van der Waals surface area contributed by atoms with Crippen molar-refractivity contribution >= 4 is 5.97 Å². The summed E-state index contributed by atoms with van der Waals surface area (Å²) in [6, 6.07) is 10.4.